The maximum absolute atomic E-state index is 12.5. The lowest BCUT2D eigenvalue weighted by Crippen LogP contribution is -2.71. The molecule has 2 aliphatic rings. The Balaban J connectivity index is 2.28. The van der Waals surface area contributed by atoms with Crippen LogP contribution >= 0.6 is 0 Å². The van der Waals surface area contributed by atoms with Crippen molar-refractivity contribution in [3.8, 4) is 0 Å². The van der Waals surface area contributed by atoms with Crippen molar-refractivity contribution in [1.82, 2.24) is 10.2 Å². The van der Waals surface area contributed by atoms with Crippen LogP contribution in [0.1, 0.15) is 52.9 Å². The van der Waals surface area contributed by atoms with Crippen molar-refractivity contribution < 1.29 is 9.59 Å². The predicted octanol–water partition coefficient (Wildman–Crippen LogP) is 1.44. The molecule has 2 rings (SSSR count). The summed E-state index contributed by atoms with van der Waals surface area (Å²) < 4.78 is 0. The lowest BCUT2D eigenvalue weighted by molar-refractivity contribution is -0.159. The number of amides is 2. The highest BCUT2D eigenvalue weighted by Crippen LogP contribution is 2.32. The van der Waals surface area contributed by atoms with Crippen LogP contribution < -0.4 is 5.32 Å². The topological polar surface area (TPSA) is 49.4 Å². The number of carbonyl (C=O) groups excluding carboxylic acids is 2. The summed E-state index contributed by atoms with van der Waals surface area (Å²) in [6.07, 6.45) is 4.63. The van der Waals surface area contributed by atoms with E-state index in [-0.39, 0.29) is 17.9 Å². The molecule has 0 aromatic carbocycles. The van der Waals surface area contributed by atoms with E-state index in [2.05, 4.69) is 5.32 Å². The Morgan fingerprint density at radius 3 is 2.41 bits per heavy atom. The van der Waals surface area contributed by atoms with Crippen molar-refractivity contribution in [1.29, 1.82) is 0 Å². The second kappa shape index (κ2) is 4.31. The number of nitrogens with zero attached hydrogens (tertiary/aromatic N) is 1. The number of hydrogen-bond donors (Lipinski definition) is 1. The SMILES string of the molecule is CCC1C(=O)NC(C)(CC)C(=O)N1C1CCC1. The lowest BCUT2D eigenvalue weighted by Gasteiger charge is -2.49. The van der Waals surface area contributed by atoms with Crippen LogP contribution in [0.3, 0.4) is 0 Å². The quantitative estimate of drug-likeness (QED) is 0.809. The minimum absolute atomic E-state index is 0.0170. The lowest BCUT2D eigenvalue weighted by atomic mass is 9.84. The molecule has 1 aliphatic heterocycles. The fourth-order valence-electron chi connectivity index (χ4n) is 2.67. The summed E-state index contributed by atoms with van der Waals surface area (Å²) in [5, 5.41) is 2.90. The Kier molecular flexibility index (Phi) is 3.15. The molecule has 2 unspecified atom stereocenters. The van der Waals surface area contributed by atoms with Gasteiger partial charge in [0.2, 0.25) is 11.8 Å². The van der Waals surface area contributed by atoms with Gasteiger partial charge in [0.05, 0.1) is 0 Å². The second-order valence-electron chi connectivity index (χ2n) is 5.40. The van der Waals surface area contributed by atoms with Crippen LogP contribution in [-0.2, 0) is 9.59 Å². The molecule has 0 spiro atoms. The first-order valence-corrected chi connectivity index (χ1v) is 6.68. The summed E-state index contributed by atoms with van der Waals surface area (Å²) >= 11 is 0. The van der Waals surface area contributed by atoms with Crippen molar-refractivity contribution in [3.05, 3.63) is 0 Å². The van der Waals surface area contributed by atoms with Gasteiger partial charge in [0.25, 0.3) is 0 Å². The Morgan fingerprint density at radius 1 is 1.35 bits per heavy atom. The molecule has 1 N–H and O–H groups in total. The largest absolute Gasteiger partial charge is 0.340 e. The Bertz CT molecular complexity index is 338. The van der Waals surface area contributed by atoms with Gasteiger partial charge in [0.15, 0.2) is 0 Å². The molecule has 1 aliphatic carbocycles. The van der Waals surface area contributed by atoms with E-state index in [4.69, 9.17) is 0 Å². The standard InChI is InChI=1S/C13H22N2O2/c1-4-10-11(16)14-13(3,5-2)12(17)15(10)9-7-6-8-9/h9-10H,4-8H2,1-3H3,(H,14,16). The van der Waals surface area contributed by atoms with Gasteiger partial charge in [-0.05, 0) is 39.0 Å². The molecule has 0 bridgehead atoms. The summed E-state index contributed by atoms with van der Waals surface area (Å²) in [6, 6.07) is 0.0387. The molecule has 17 heavy (non-hydrogen) atoms. The molecular weight excluding hydrogens is 216 g/mol. The molecule has 4 heteroatoms. The Labute approximate surface area is 103 Å². The van der Waals surface area contributed by atoms with E-state index in [0.29, 0.717) is 18.9 Å². The average molecular weight is 238 g/mol. The molecule has 4 nitrogen and oxygen atoms in total. The van der Waals surface area contributed by atoms with Crippen LogP contribution in [0.25, 0.3) is 0 Å². The van der Waals surface area contributed by atoms with Crippen molar-refractivity contribution in [3.63, 3.8) is 0 Å². The first-order chi connectivity index (χ1) is 8.03. The summed E-state index contributed by atoms with van der Waals surface area (Å²) in [5.41, 5.74) is -0.696. The third-order valence-electron chi connectivity index (χ3n) is 4.31. The first kappa shape index (κ1) is 12.4. The monoisotopic (exact) mass is 238 g/mol. The van der Waals surface area contributed by atoms with E-state index in [1.54, 1.807) is 0 Å². The predicted molar refractivity (Wildman–Crippen MR) is 65.4 cm³/mol. The van der Waals surface area contributed by atoms with E-state index in [9.17, 15) is 9.59 Å². The molecule has 2 atom stereocenters. The van der Waals surface area contributed by atoms with Gasteiger partial charge in [-0.3, -0.25) is 9.59 Å². The van der Waals surface area contributed by atoms with E-state index >= 15 is 0 Å². The molecule has 2 fully saturated rings. The second-order valence-corrected chi connectivity index (χ2v) is 5.40. The van der Waals surface area contributed by atoms with Gasteiger partial charge in [0.1, 0.15) is 11.6 Å². The van der Waals surface area contributed by atoms with E-state index < -0.39 is 5.54 Å². The molecule has 96 valence electrons. The van der Waals surface area contributed by atoms with Gasteiger partial charge in [-0.25, -0.2) is 0 Å². The highest BCUT2D eigenvalue weighted by Gasteiger charge is 2.49. The molecule has 1 saturated carbocycles. The average Bonchev–Trinajstić information content (AvgIpc) is 2.23. The van der Waals surface area contributed by atoms with Crippen LogP contribution in [0.2, 0.25) is 0 Å². The zero-order chi connectivity index (χ0) is 12.6. The van der Waals surface area contributed by atoms with Crippen molar-refractivity contribution in [2.75, 3.05) is 0 Å². The van der Waals surface area contributed by atoms with Gasteiger partial charge < -0.3 is 10.2 Å². The number of hydrogen-bond acceptors (Lipinski definition) is 2. The number of carbonyl (C=O) groups is 2. The van der Waals surface area contributed by atoms with Crippen molar-refractivity contribution in [2.45, 2.75) is 70.5 Å². The number of rotatable bonds is 3. The molecule has 1 heterocycles. The van der Waals surface area contributed by atoms with Crippen LogP contribution in [0, 0.1) is 0 Å². The maximum Gasteiger partial charge on any atom is 0.248 e. The normalized spacial score (nSPS) is 34.5. The van der Waals surface area contributed by atoms with Crippen LogP contribution in [-0.4, -0.2) is 34.3 Å². The van der Waals surface area contributed by atoms with Crippen molar-refractivity contribution in [2.24, 2.45) is 0 Å². The molecular formula is C13H22N2O2. The van der Waals surface area contributed by atoms with E-state index in [0.717, 1.165) is 12.8 Å². The molecule has 0 radical (unpaired) electrons. The highest BCUT2D eigenvalue weighted by atomic mass is 16.2. The van der Waals surface area contributed by atoms with E-state index in [1.165, 1.54) is 6.42 Å². The fraction of sp³-hybridized carbons (Fsp3) is 0.846. The van der Waals surface area contributed by atoms with Crippen LogP contribution in [0.5, 0.6) is 0 Å². The zero-order valence-corrected chi connectivity index (χ0v) is 11.0. The fourth-order valence-corrected chi connectivity index (χ4v) is 2.67. The van der Waals surface area contributed by atoms with Crippen LogP contribution in [0.15, 0.2) is 0 Å². The minimum atomic E-state index is -0.696. The first-order valence-electron chi connectivity index (χ1n) is 6.68. The minimum Gasteiger partial charge on any atom is -0.340 e. The van der Waals surface area contributed by atoms with Gasteiger partial charge in [-0.15, -0.1) is 0 Å². The summed E-state index contributed by atoms with van der Waals surface area (Å²) in [4.78, 5) is 26.5. The van der Waals surface area contributed by atoms with Gasteiger partial charge in [0, 0.05) is 6.04 Å². The molecule has 0 aromatic heterocycles. The van der Waals surface area contributed by atoms with Crippen LogP contribution in [0.4, 0.5) is 0 Å². The summed E-state index contributed by atoms with van der Waals surface area (Å²) in [6.45, 7) is 5.76. The molecule has 0 aromatic rings. The van der Waals surface area contributed by atoms with E-state index in [1.807, 2.05) is 25.7 Å². The number of piperazine rings is 1. The van der Waals surface area contributed by atoms with Gasteiger partial charge in [-0.2, -0.15) is 0 Å². The molecule has 2 amide bonds. The maximum atomic E-state index is 12.5. The third-order valence-corrected chi connectivity index (χ3v) is 4.31. The summed E-state index contributed by atoms with van der Waals surface area (Å²) in [7, 11) is 0. The smallest absolute Gasteiger partial charge is 0.248 e. The number of nitrogens with one attached hydrogen (secondary N) is 1. The Hall–Kier alpha value is -1.06. The van der Waals surface area contributed by atoms with Gasteiger partial charge in [-0.1, -0.05) is 13.8 Å². The third kappa shape index (κ3) is 1.83. The van der Waals surface area contributed by atoms with Crippen molar-refractivity contribution >= 4 is 11.8 Å². The molecule has 1 saturated heterocycles. The highest BCUT2D eigenvalue weighted by molar-refractivity contribution is 5.99. The van der Waals surface area contributed by atoms with Gasteiger partial charge >= 0.3 is 0 Å². The summed E-state index contributed by atoms with van der Waals surface area (Å²) in [5.74, 6) is 0.125. The Morgan fingerprint density at radius 2 is 2.00 bits per heavy atom. The zero-order valence-electron chi connectivity index (χ0n) is 11.0.